The van der Waals surface area contributed by atoms with E-state index in [-0.39, 0.29) is 11.4 Å². The molecule has 0 aromatic heterocycles. The van der Waals surface area contributed by atoms with Gasteiger partial charge in [-0.3, -0.25) is 9.10 Å². The second-order valence-electron chi connectivity index (χ2n) is 6.81. The zero-order valence-electron chi connectivity index (χ0n) is 17.1. The van der Waals surface area contributed by atoms with Gasteiger partial charge in [0.25, 0.3) is 10.0 Å². The molecule has 0 heterocycles. The molecule has 0 aliphatic rings. The summed E-state index contributed by atoms with van der Waals surface area (Å²) in [4.78, 5) is 13.8. The van der Waals surface area contributed by atoms with Crippen LogP contribution in [0.15, 0.2) is 88.7 Å². The van der Waals surface area contributed by atoms with E-state index in [0.29, 0.717) is 22.3 Å². The lowest BCUT2D eigenvalue weighted by Gasteiger charge is -2.24. The van der Waals surface area contributed by atoms with Crippen LogP contribution in [0.2, 0.25) is 10.0 Å². The smallest absolute Gasteiger partial charge is 0.264 e. The van der Waals surface area contributed by atoms with Crippen molar-refractivity contribution in [2.75, 3.05) is 23.1 Å². The lowest BCUT2D eigenvalue weighted by Crippen LogP contribution is -2.41. The third kappa shape index (κ3) is 6.90. The Kier molecular flexibility index (Phi) is 8.87. The molecule has 0 aliphatic carbocycles. The minimum Gasteiger partial charge on any atom is -0.354 e. The average molecular weight is 509 g/mol. The van der Waals surface area contributed by atoms with Crippen LogP contribution in [0.5, 0.6) is 0 Å². The first kappa shape index (κ1) is 24.5. The summed E-state index contributed by atoms with van der Waals surface area (Å²) >= 11 is 13.7. The molecule has 5 nitrogen and oxygen atoms in total. The average Bonchev–Trinajstić information content (AvgIpc) is 2.78. The summed E-state index contributed by atoms with van der Waals surface area (Å²) in [5.74, 6) is 0.443. The molecule has 0 unspecified atom stereocenters. The Labute approximate surface area is 202 Å². The van der Waals surface area contributed by atoms with Gasteiger partial charge in [-0.15, -0.1) is 11.8 Å². The van der Waals surface area contributed by atoms with E-state index >= 15 is 0 Å². The second kappa shape index (κ2) is 11.6. The number of amides is 1. The van der Waals surface area contributed by atoms with Crippen LogP contribution in [0, 0.1) is 0 Å². The molecule has 3 aromatic rings. The van der Waals surface area contributed by atoms with E-state index in [9.17, 15) is 13.2 Å². The quantitative estimate of drug-likeness (QED) is 0.290. The minimum absolute atomic E-state index is 0.0361. The molecule has 0 saturated heterocycles. The Bertz CT molecular complexity index is 1140. The van der Waals surface area contributed by atoms with Crippen LogP contribution in [0.4, 0.5) is 5.69 Å². The fourth-order valence-electron chi connectivity index (χ4n) is 2.87. The van der Waals surface area contributed by atoms with E-state index in [2.05, 4.69) is 5.32 Å². The molecule has 0 spiro atoms. The maximum atomic E-state index is 13.3. The number of thioether (sulfide) groups is 1. The Morgan fingerprint density at radius 1 is 0.906 bits per heavy atom. The number of halogens is 2. The van der Waals surface area contributed by atoms with Crippen molar-refractivity contribution < 1.29 is 13.2 Å². The number of hydrogen-bond acceptors (Lipinski definition) is 4. The van der Waals surface area contributed by atoms with Gasteiger partial charge in [-0.05, 0) is 66.8 Å². The van der Waals surface area contributed by atoms with E-state index in [1.54, 1.807) is 30.0 Å². The number of anilines is 1. The highest BCUT2D eigenvalue weighted by Crippen LogP contribution is 2.26. The van der Waals surface area contributed by atoms with Gasteiger partial charge in [-0.1, -0.05) is 47.5 Å². The van der Waals surface area contributed by atoms with Gasteiger partial charge in [-0.2, -0.15) is 0 Å². The predicted molar refractivity (Wildman–Crippen MR) is 132 cm³/mol. The second-order valence-corrected chi connectivity index (χ2v) is 10.7. The van der Waals surface area contributed by atoms with Crippen molar-refractivity contribution in [1.29, 1.82) is 0 Å². The van der Waals surface area contributed by atoms with E-state index in [1.165, 1.54) is 35.2 Å². The van der Waals surface area contributed by atoms with E-state index < -0.39 is 15.9 Å². The van der Waals surface area contributed by atoms with Crippen molar-refractivity contribution in [2.24, 2.45) is 0 Å². The summed E-state index contributed by atoms with van der Waals surface area (Å²) in [6.07, 6.45) is 0.756. The summed E-state index contributed by atoms with van der Waals surface area (Å²) < 4.78 is 27.6. The number of benzene rings is 3. The molecule has 9 heteroatoms. The maximum absolute atomic E-state index is 13.3. The number of nitrogens with one attached hydrogen (secondary N) is 1. The van der Waals surface area contributed by atoms with Crippen LogP contribution in [-0.4, -0.2) is 33.2 Å². The molecule has 0 atom stereocenters. The van der Waals surface area contributed by atoms with Crippen LogP contribution in [0.1, 0.15) is 6.42 Å². The lowest BCUT2D eigenvalue weighted by molar-refractivity contribution is -0.119. The van der Waals surface area contributed by atoms with Crippen molar-refractivity contribution in [1.82, 2.24) is 5.32 Å². The van der Waals surface area contributed by atoms with Gasteiger partial charge >= 0.3 is 0 Å². The summed E-state index contributed by atoms with van der Waals surface area (Å²) in [5.41, 5.74) is 0.308. The van der Waals surface area contributed by atoms with Gasteiger partial charge in [0.05, 0.1) is 10.6 Å². The van der Waals surface area contributed by atoms with Crippen molar-refractivity contribution in [3.05, 3.63) is 88.9 Å². The largest absolute Gasteiger partial charge is 0.354 e. The standard InChI is InChI=1S/C23H22Cl2N2O3S2/c24-18-10-12-22(13-11-18)32(29,30)27(20-7-4-6-19(25)16-20)17-23(28)26-14-5-15-31-21-8-2-1-3-9-21/h1-4,6-13,16H,5,14-15,17H2,(H,26,28). The summed E-state index contributed by atoms with van der Waals surface area (Å²) in [6, 6.07) is 22.2. The van der Waals surface area contributed by atoms with Crippen LogP contribution in [-0.2, 0) is 14.8 Å². The highest BCUT2D eigenvalue weighted by Gasteiger charge is 2.27. The number of rotatable bonds is 10. The SMILES string of the molecule is O=C(CN(c1cccc(Cl)c1)S(=O)(=O)c1ccc(Cl)cc1)NCCCSc1ccccc1. The van der Waals surface area contributed by atoms with Crippen molar-refractivity contribution in [2.45, 2.75) is 16.2 Å². The zero-order chi connectivity index (χ0) is 23.0. The fourth-order valence-corrected chi connectivity index (χ4v) is 5.47. The maximum Gasteiger partial charge on any atom is 0.264 e. The molecule has 3 rings (SSSR count). The Morgan fingerprint density at radius 2 is 1.62 bits per heavy atom. The molecule has 0 bridgehead atoms. The van der Waals surface area contributed by atoms with Crippen LogP contribution in [0.25, 0.3) is 0 Å². The molecule has 1 N–H and O–H groups in total. The van der Waals surface area contributed by atoms with E-state index in [4.69, 9.17) is 23.2 Å². The Balaban J connectivity index is 1.66. The Hall–Kier alpha value is -2.19. The highest BCUT2D eigenvalue weighted by atomic mass is 35.5. The van der Waals surface area contributed by atoms with E-state index in [0.717, 1.165) is 16.5 Å². The van der Waals surface area contributed by atoms with Crippen LogP contribution >= 0.6 is 35.0 Å². The first-order valence-corrected chi connectivity index (χ1v) is 13.0. The predicted octanol–water partition coefficient (Wildman–Crippen LogP) is 5.49. The zero-order valence-corrected chi connectivity index (χ0v) is 20.2. The van der Waals surface area contributed by atoms with Crippen LogP contribution < -0.4 is 9.62 Å². The van der Waals surface area contributed by atoms with Gasteiger partial charge < -0.3 is 5.32 Å². The normalized spacial score (nSPS) is 11.2. The van der Waals surface area contributed by atoms with Crippen LogP contribution in [0.3, 0.4) is 0 Å². The topological polar surface area (TPSA) is 66.5 Å². The summed E-state index contributed by atoms with van der Waals surface area (Å²) in [6.45, 7) is 0.0835. The molecule has 168 valence electrons. The molecule has 0 radical (unpaired) electrons. The third-order valence-corrected chi connectivity index (χ3v) is 7.81. The lowest BCUT2D eigenvalue weighted by atomic mass is 10.3. The minimum atomic E-state index is -4.00. The fraction of sp³-hybridized carbons (Fsp3) is 0.174. The molecular formula is C23H22Cl2N2O3S2. The third-order valence-electron chi connectivity index (χ3n) is 4.44. The van der Waals surface area contributed by atoms with Crippen molar-refractivity contribution in [3.63, 3.8) is 0 Å². The number of carbonyl (C=O) groups excluding carboxylic acids is 1. The number of hydrogen-bond donors (Lipinski definition) is 1. The van der Waals surface area contributed by atoms with E-state index in [1.807, 2.05) is 30.3 Å². The summed E-state index contributed by atoms with van der Waals surface area (Å²) in [7, 11) is -4.00. The molecule has 0 aliphatic heterocycles. The molecule has 3 aromatic carbocycles. The van der Waals surface area contributed by atoms with Crippen molar-refractivity contribution >= 4 is 56.6 Å². The molecule has 1 amide bonds. The Morgan fingerprint density at radius 3 is 2.31 bits per heavy atom. The van der Waals surface area contributed by atoms with Gasteiger partial charge in [0, 0.05) is 21.5 Å². The molecule has 0 saturated carbocycles. The first-order chi connectivity index (χ1) is 15.4. The van der Waals surface area contributed by atoms with Gasteiger partial charge in [0.1, 0.15) is 6.54 Å². The number of carbonyl (C=O) groups is 1. The highest BCUT2D eigenvalue weighted by molar-refractivity contribution is 7.99. The van der Waals surface area contributed by atoms with Gasteiger partial charge in [-0.25, -0.2) is 8.42 Å². The van der Waals surface area contributed by atoms with Gasteiger partial charge in [0.15, 0.2) is 0 Å². The molecule has 32 heavy (non-hydrogen) atoms. The first-order valence-electron chi connectivity index (χ1n) is 9.85. The number of sulfonamides is 1. The number of nitrogens with zero attached hydrogens (tertiary/aromatic N) is 1. The van der Waals surface area contributed by atoms with Crippen molar-refractivity contribution in [3.8, 4) is 0 Å². The monoisotopic (exact) mass is 508 g/mol. The molecule has 0 fully saturated rings. The molecular weight excluding hydrogens is 487 g/mol. The van der Waals surface area contributed by atoms with Gasteiger partial charge in [0.2, 0.25) is 5.91 Å². The summed E-state index contributed by atoms with van der Waals surface area (Å²) in [5, 5.41) is 3.60.